The first-order chi connectivity index (χ1) is 5.83. The zero-order valence-electron chi connectivity index (χ0n) is 6.47. The summed E-state index contributed by atoms with van der Waals surface area (Å²) < 4.78 is 0. The molecule has 0 aromatic heterocycles. The molecular weight excluding hydrogens is 154 g/mol. The van der Waals surface area contributed by atoms with Crippen molar-refractivity contribution in [1.82, 2.24) is 0 Å². The lowest BCUT2D eigenvalue weighted by Gasteiger charge is -1.94. The molecule has 12 heavy (non-hydrogen) atoms. The van der Waals surface area contributed by atoms with Crippen LogP contribution in [0.1, 0.15) is 5.56 Å². The average Bonchev–Trinajstić information content (AvgIpc) is 2.06. The molecule has 1 aromatic carbocycles. The number of carbonyl (C=O) groups excluding carboxylic acids is 1. The molecule has 0 unspecified atom stereocenters. The third-order valence-electron chi connectivity index (χ3n) is 1.42. The number of nitrogens with zero attached hydrogens (tertiary/aromatic N) is 1. The van der Waals surface area contributed by atoms with E-state index >= 15 is 0 Å². The molecule has 0 aliphatic carbocycles. The predicted molar refractivity (Wildman–Crippen MR) is 45.4 cm³/mol. The van der Waals surface area contributed by atoms with E-state index < -0.39 is 0 Å². The molecule has 0 fully saturated rings. The van der Waals surface area contributed by atoms with E-state index in [0.29, 0.717) is 0 Å². The Balaban J connectivity index is 2.59. The van der Waals surface area contributed by atoms with Gasteiger partial charge in [0.15, 0.2) is 5.78 Å². The molecule has 0 atom stereocenters. The molecule has 1 aromatic rings. The minimum Gasteiger partial charge on any atom is -0.411 e. The van der Waals surface area contributed by atoms with Gasteiger partial charge in [-0.2, -0.15) is 0 Å². The fourth-order valence-electron chi connectivity index (χ4n) is 0.907. The summed E-state index contributed by atoms with van der Waals surface area (Å²) in [6, 6.07) is 9.30. The molecule has 0 aliphatic heterocycles. The highest BCUT2D eigenvalue weighted by Crippen LogP contribution is 1.98. The first kappa shape index (κ1) is 8.46. The van der Waals surface area contributed by atoms with Gasteiger partial charge in [0.1, 0.15) is 6.21 Å². The van der Waals surface area contributed by atoms with Crippen molar-refractivity contribution >= 4 is 12.0 Å². The maximum absolute atomic E-state index is 10.9. The average molecular weight is 163 g/mol. The van der Waals surface area contributed by atoms with Gasteiger partial charge in [-0.15, -0.1) is 0 Å². The van der Waals surface area contributed by atoms with Crippen LogP contribution in [-0.2, 0) is 11.2 Å². The van der Waals surface area contributed by atoms with E-state index in [1.165, 1.54) is 0 Å². The van der Waals surface area contributed by atoms with Crippen molar-refractivity contribution < 1.29 is 10.0 Å². The van der Waals surface area contributed by atoms with E-state index in [1.54, 1.807) is 0 Å². The zero-order chi connectivity index (χ0) is 8.81. The van der Waals surface area contributed by atoms with Crippen molar-refractivity contribution in [1.29, 1.82) is 0 Å². The number of rotatable bonds is 3. The Morgan fingerprint density at radius 1 is 1.42 bits per heavy atom. The van der Waals surface area contributed by atoms with Gasteiger partial charge in [-0.1, -0.05) is 35.5 Å². The maximum atomic E-state index is 10.9. The van der Waals surface area contributed by atoms with Gasteiger partial charge < -0.3 is 5.21 Å². The van der Waals surface area contributed by atoms with Crippen molar-refractivity contribution in [3.63, 3.8) is 0 Å². The highest BCUT2D eigenvalue weighted by Gasteiger charge is 1.98. The summed E-state index contributed by atoms with van der Waals surface area (Å²) in [6.45, 7) is 0. The summed E-state index contributed by atoms with van der Waals surface area (Å²) in [4.78, 5) is 10.9. The Kier molecular flexibility index (Phi) is 3.02. The smallest absolute Gasteiger partial charge is 0.181 e. The van der Waals surface area contributed by atoms with Gasteiger partial charge in [-0.25, -0.2) is 0 Å². The van der Waals surface area contributed by atoms with Gasteiger partial charge in [-0.05, 0) is 5.56 Å². The molecule has 3 nitrogen and oxygen atoms in total. The topological polar surface area (TPSA) is 49.7 Å². The van der Waals surface area contributed by atoms with Crippen LogP contribution in [0.3, 0.4) is 0 Å². The molecule has 0 saturated carbocycles. The van der Waals surface area contributed by atoms with Crippen LogP contribution in [0, 0.1) is 0 Å². The first-order valence-corrected chi connectivity index (χ1v) is 3.57. The van der Waals surface area contributed by atoms with E-state index in [9.17, 15) is 4.79 Å². The first-order valence-electron chi connectivity index (χ1n) is 3.57. The Bertz CT molecular complexity index is 280. The van der Waals surface area contributed by atoms with Crippen molar-refractivity contribution in [2.45, 2.75) is 6.42 Å². The minimum absolute atomic E-state index is 0.205. The Morgan fingerprint density at radius 2 is 2.08 bits per heavy atom. The standard InChI is InChI=1S/C9H9NO2/c11-9(7-10-12)6-8-4-2-1-3-5-8/h1-5,7,12H,6H2/b10-7+. The molecule has 0 radical (unpaired) electrons. The predicted octanol–water partition coefficient (Wildman–Crippen LogP) is 1.26. The van der Waals surface area contributed by atoms with Gasteiger partial charge in [0.2, 0.25) is 0 Å². The molecule has 3 heteroatoms. The largest absolute Gasteiger partial charge is 0.411 e. The summed E-state index contributed by atoms with van der Waals surface area (Å²) in [7, 11) is 0. The summed E-state index contributed by atoms with van der Waals surface area (Å²) in [5, 5.41) is 10.7. The van der Waals surface area contributed by atoms with Crippen LogP contribution in [0.4, 0.5) is 0 Å². The van der Waals surface area contributed by atoms with Crippen molar-refractivity contribution in [3.8, 4) is 0 Å². The monoisotopic (exact) mass is 163 g/mol. The Labute approximate surface area is 70.3 Å². The fourth-order valence-corrected chi connectivity index (χ4v) is 0.907. The van der Waals surface area contributed by atoms with Crippen molar-refractivity contribution in [2.24, 2.45) is 5.16 Å². The number of benzene rings is 1. The van der Waals surface area contributed by atoms with Gasteiger partial charge in [0.05, 0.1) is 0 Å². The van der Waals surface area contributed by atoms with Gasteiger partial charge in [0, 0.05) is 6.42 Å². The molecule has 0 saturated heterocycles. The van der Waals surface area contributed by atoms with E-state index in [1.807, 2.05) is 30.3 Å². The van der Waals surface area contributed by atoms with Gasteiger partial charge >= 0.3 is 0 Å². The van der Waals surface area contributed by atoms with Gasteiger partial charge in [-0.3, -0.25) is 4.79 Å². The second-order valence-electron chi connectivity index (χ2n) is 2.37. The summed E-state index contributed by atoms with van der Waals surface area (Å²) in [5.41, 5.74) is 0.919. The van der Waals surface area contributed by atoms with E-state index in [0.717, 1.165) is 11.8 Å². The zero-order valence-corrected chi connectivity index (χ0v) is 6.47. The third kappa shape index (κ3) is 2.54. The molecule has 1 N–H and O–H groups in total. The number of ketones is 1. The molecule has 1 rings (SSSR count). The summed E-state index contributed by atoms with van der Waals surface area (Å²) in [5.74, 6) is -0.205. The molecule has 0 heterocycles. The number of Topliss-reactive ketones (excluding diaryl/α,β-unsaturated/α-hetero) is 1. The number of hydrogen-bond donors (Lipinski definition) is 1. The van der Waals surface area contributed by atoms with Crippen LogP contribution in [0.5, 0.6) is 0 Å². The highest BCUT2D eigenvalue weighted by atomic mass is 16.4. The minimum atomic E-state index is -0.205. The van der Waals surface area contributed by atoms with Crippen LogP contribution < -0.4 is 0 Å². The maximum Gasteiger partial charge on any atom is 0.181 e. The van der Waals surface area contributed by atoms with E-state index in [-0.39, 0.29) is 12.2 Å². The normalized spacial score (nSPS) is 10.3. The van der Waals surface area contributed by atoms with Gasteiger partial charge in [0.25, 0.3) is 0 Å². The summed E-state index contributed by atoms with van der Waals surface area (Å²) in [6.07, 6.45) is 1.19. The van der Waals surface area contributed by atoms with Crippen LogP contribution in [0.2, 0.25) is 0 Å². The lowest BCUT2D eigenvalue weighted by molar-refractivity contribution is -0.112. The van der Waals surface area contributed by atoms with Crippen LogP contribution >= 0.6 is 0 Å². The Morgan fingerprint density at radius 3 is 2.67 bits per heavy atom. The fraction of sp³-hybridized carbons (Fsp3) is 0.111. The van der Waals surface area contributed by atoms with Crippen molar-refractivity contribution in [3.05, 3.63) is 35.9 Å². The number of carbonyl (C=O) groups is 1. The lowest BCUT2D eigenvalue weighted by atomic mass is 10.1. The molecule has 0 amide bonds. The van der Waals surface area contributed by atoms with Crippen LogP contribution in [-0.4, -0.2) is 17.2 Å². The quantitative estimate of drug-likeness (QED) is 0.414. The highest BCUT2D eigenvalue weighted by molar-refractivity contribution is 6.27. The van der Waals surface area contributed by atoms with E-state index in [4.69, 9.17) is 5.21 Å². The Hall–Kier alpha value is -1.64. The van der Waals surface area contributed by atoms with Crippen LogP contribution in [0.25, 0.3) is 0 Å². The molecule has 62 valence electrons. The molecule has 0 bridgehead atoms. The van der Waals surface area contributed by atoms with E-state index in [2.05, 4.69) is 5.16 Å². The number of oxime groups is 1. The molecule has 0 aliphatic rings. The number of hydrogen-bond acceptors (Lipinski definition) is 3. The second-order valence-corrected chi connectivity index (χ2v) is 2.37. The summed E-state index contributed by atoms with van der Waals surface area (Å²) >= 11 is 0. The van der Waals surface area contributed by atoms with Crippen LogP contribution in [0.15, 0.2) is 35.5 Å². The van der Waals surface area contributed by atoms with Crippen molar-refractivity contribution in [2.75, 3.05) is 0 Å². The lowest BCUT2D eigenvalue weighted by Crippen LogP contribution is -2.03. The third-order valence-corrected chi connectivity index (χ3v) is 1.42. The SMILES string of the molecule is O=C(/C=N/O)Cc1ccccc1. The second kappa shape index (κ2) is 4.28. The molecule has 0 spiro atoms. The molecular formula is C9H9NO2.